The molecule has 4 aromatic rings. The number of nitrogens with one attached hydrogen (secondary N) is 2. The number of amides is 1. The molecule has 0 aliphatic carbocycles. The molecule has 5 heterocycles. The van der Waals surface area contributed by atoms with Crippen LogP contribution >= 0.6 is 11.6 Å². The molecule has 11 heteroatoms. The van der Waals surface area contributed by atoms with Crippen LogP contribution in [0.3, 0.4) is 0 Å². The fourth-order valence-corrected chi connectivity index (χ4v) is 4.17. The third-order valence-electron chi connectivity index (χ3n) is 5.63. The molecular formula is C22H20ClFN8O. The zero-order valence-electron chi connectivity index (χ0n) is 17.5. The van der Waals surface area contributed by atoms with Gasteiger partial charge in [0.05, 0.1) is 17.4 Å². The van der Waals surface area contributed by atoms with Crippen molar-refractivity contribution in [2.75, 3.05) is 25.0 Å². The second-order valence-corrected chi connectivity index (χ2v) is 8.31. The first kappa shape index (κ1) is 21.2. The first-order valence-electron chi connectivity index (χ1n) is 10.5. The first-order chi connectivity index (χ1) is 16.1. The van der Waals surface area contributed by atoms with E-state index in [1.165, 1.54) is 18.6 Å². The molecule has 1 amide bonds. The normalized spacial score (nSPS) is 16.2. The van der Waals surface area contributed by atoms with Crippen molar-refractivity contribution in [1.82, 2.24) is 34.8 Å². The van der Waals surface area contributed by atoms with Crippen LogP contribution in [0.15, 0.2) is 43.2 Å². The fourth-order valence-electron chi connectivity index (χ4n) is 4.01. The van der Waals surface area contributed by atoms with Crippen LogP contribution in [-0.2, 0) is 0 Å². The Morgan fingerprint density at radius 1 is 1.24 bits per heavy atom. The van der Waals surface area contributed by atoms with E-state index in [1.807, 2.05) is 0 Å². The second kappa shape index (κ2) is 9.07. The number of likely N-dealkylation sites (tertiary alicyclic amines) is 1. The van der Waals surface area contributed by atoms with Crippen LogP contribution in [0.2, 0.25) is 5.02 Å². The molecule has 1 saturated heterocycles. The lowest BCUT2D eigenvalue weighted by Gasteiger charge is -2.32. The lowest BCUT2D eigenvalue weighted by Crippen LogP contribution is -2.42. The maximum atomic E-state index is 14.5. The minimum absolute atomic E-state index is 0.113. The summed E-state index contributed by atoms with van der Waals surface area (Å²) in [6.07, 6.45) is 10.7. The number of rotatable bonds is 5. The van der Waals surface area contributed by atoms with Crippen molar-refractivity contribution in [1.29, 1.82) is 0 Å². The zero-order chi connectivity index (χ0) is 22.8. The quantitative estimate of drug-likeness (QED) is 0.462. The Labute approximate surface area is 193 Å². The Bertz CT molecular complexity index is 1300. The summed E-state index contributed by atoms with van der Waals surface area (Å²) in [6, 6.07) is 1.76. The third-order valence-corrected chi connectivity index (χ3v) is 5.84. The van der Waals surface area contributed by atoms with Gasteiger partial charge in [-0.1, -0.05) is 11.6 Å². The average molecular weight is 467 g/mol. The summed E-state index contributed by atoms with van der Waals surface area (Å²) in [5, 5.41) is 4.34. The predicted octanol–water partition coefficient (Wildman–Crippen LogP) is 3.57. The standard InChI is InChI=1S/C22H20ClFN8O/c23-14-6-15-16(9-29-19(15)28-8-14)20-30-10-17(24)21(31-20)27-7-13-2-1-5-32(12-13)22(33)18-11-25-3-4-26-18/h3-4,6,8-11,13H,1-2,5,7,12H2,(H,28,29)(H,27,30,31)/t13-/m0/s1. The highest BCUT2D eigenvalue weighted by molar-refractivity contribution is 6.31. The minimum Gasteiger partial charge on any atom is -0.367 e. The largest absolute Gasteiger partial charge is 0.367 e. The number of piperidine rings is 1. The molecule has 9 nitrogen and oxygen atoms in total. The van der Waals surface area contributed by atoms with E-state index in [9.17, 15) is 9.18 Å². The van der Waals surface area contributed by atoms with Crippen molar-refractivity contribution < 1.29 is 9.18 Å². The van der Waals surface area contributed by atoms with Gasteiger partial charge in [0, 0.05) is 55.4 Å². The van der Waals surface area contributed by atoms with E-state index in [0.717, 1.165) is 24.4 Å². The second-order valence-electron chi connectivity index (χ2n) is 7.87. The third kappa shape index (κ3) is 4.47. The van der Waals surface area contributed by atoms with Gasteiger partial charge in [0.2, 0.25) is 0 Å². The van der Waals surface area contributed by atoms with Crippen LogP contribution in [0.1, 0.15) is 23.3 Å². The highest BCUT2D eigenvalue weighted by atomic mass is 35.5. The van der Waals surface area contributed by atoms with Crippen LogP contribution in [0, 0.1) is 11.7 Å². The topological polar surface area (TPSA) is 113 Å². The van der Waals surface area contributed by atoms with Crippen LogP contribution in [0.25, 0.3) is 22.4 Å². The summed E-state index contributed by atoms with van der Waals surface area (Å²) < 4.78 is 14.5. The lowest BCUT2D eigenvalue weighted by molar-refractivity contribution is 0.0673. The van der Waals surface area contributed by atoms with Crippen molar-refractivity contribution >= 4 is 34.4 Å². The number of pyridine rings is 1. The summed E-state index contributed by atoms with van der Waals surface area (Å²) in [7, 11) is 0. The van der Waals surface area contributed by atoms with Gasteiger partial charge in [-0.2, -0.15) is 0 Å². The molecule has 0 radical (unpaired) electrons. The molecule has 1 fully saturated rings. The Kier molecular flexibility index (Phi) is 5.82. The highest BCUT2D eigenvalue weighted by Crippen LogP contribution is 2.28. The summed E-state index contributed by atoms with van der Waals surface area (Å²) >= 11 is 6.08. The van der Waals surface area contributed by atoms with Gasteiger partial charge in [-0.25, -0.2) is 24.3 Å². The first-order valence-corrected chi connectivity index (χ1v) is 10.9. The average Bonchev–Trinajstić information content (AvgIpc) is 3.27. The number of aromatic amines is 1. The molecule has 0 saturated carbocycles. The number of H-pyrrole nitrogens is 1. The molecule has 0 bridgehead atoms. The summed E-state index contributed by atoms with van der Waals surface area (Å²) in [5.41, 5.74) is 1.65. The number of halogens is 2. The molecule has 2 N–H and O–H groups in total. The van der Waals surface area contributed by atoms with Gasteiger partial charge in [0.1, 0.15) is 11.3 Å². The molecule has 4 aromatic heterocycles. The van der Waals surface area contributed by atoms with Gasteiger partial charge in [0.15, 0.2) is 17.5 Å². The number of anilines is 1. The molecule has 33 heavy (non-hydrogen) atoms. The van der Waals surface area contributed by atoms with Gasteiger partial charge in [0.25, 0.3) is 5.91 Å². The van der Waals surface area contributed by atoms with Crippen molar-refractivity contribution in [3.63, 3.8) is 0 Å². The van der Waals surface area contributed by atoms with Gasteiger partial charge in [-0.15, -0.1) is 0 Å². The van der Waals surface area contributed by atoms with Crippen LogP contribution in [0.5, 0.6) is 0 Å². The number of fused-ring (bicyclic) bond motifs is 1. The van der Waals surface area contributed by atoms with Crippen molar-refractivity contribution in [2.45, 2.75) is 12.8 Å². The number of hydrogen-bond donors (Lipinski definition) is 2. The number of hydrogen-bond acceptors (Lipinski definition) is 7. The molecule has 1 aliphatic heterocycles. The smallest absolute Gasteiger partial charge is 0.274 e. The Balaban J connectivity index is 1.30. The van der Waals surface area contributed by atoms with Crippen molar-refractivity contribution in [3.8, 4) is 11.4 Å². The van der Waals surface area contributed by atoms with E-state index in [4.69, 9.17) is 11.6 Å². The maximum Gasteiger partial charge on any atom is 0.274 e. The van der Waals surface area contributed by atoms with Crippen molar-refractivity contribution in [2.24, 2.45) is 5.92 Å². The van der Waals surface area contributed by atoms with Crippen LogP contribution < -0.4 is 5.32 Å². The van der Waals surface area contributed by atoms with E-state index in [1.54, 1.807) is 23.4 Å². The van der Waals surface area contributed by atoms with E-state index in [-0.39, 0.29) is 17.6 Å². The Morgan fingerprint density at radius 3 is 3.00 bits per heavy atom. The number of carbonyl (C=O) groups excluding carboxylic acids is 1. The molecule has 1 atom stereocenters. The number of carbonyl (C=O) groups is 1. The zero-order valence-corrected chi connectivity index (χ0v) is 18.3. The van der Waals surface area contributed by atoms with Crippen LogP contribution in [-0.4, -0.2) is 60.3 Å². The van der Waals surface area contributed by atoms with Crippen LogP contribution in [0.4, 0.5) is 10.2 Å². The van der Waals surface area contributed by atoms with Gasteiger partial charge in [-0.05, 0) is 24.8 Å². The van der Waals surface area contributed by atoms with Gasteiger partial charge >= 0.3 is 0 Å². The molecule has 0 spiro atoms. The molecular weight excluding hydrogens is 447 g/mol. The summed E-state index contributed by atoms with van der Waals surface area (Å²) in [6.45, 7) is 1.68. The SMILES string of the molecule is O=C(c1cnccn1)N1CCC[C@@H](CNc2nc(-c3c[nH]c4ncc(Cl)cc34)ncc2F)C1. The molecule has 0 unspecified atom stereocenters. The molecule has 0 aromatic carbocycles. The molecule has 5 rings (SSSR count). The molecule has 168 valence electrons. The predicted molar refractivity (Wildman–Crippen MR) is 121 cm³/mol. The van der Waals surface area contributed by atoms with E-state index < -0.39 is 5.82 Å². The number of aromatic nitrogens is 6. The van der Waals surface area contributed by atoms with E-state index in [2.05, 4.69) is 35.2 Å². The fraction of sp³-hybridized carbons (Fsp3) is 0.273. The lowest BCUT2D eigenvalue weighted by atomic mass is 9.97. The maximum absolute atomic E-state index is 14.5. The van der Waals surface area contributed by atoms with Crippen molar-refractivity contribution in [3.05, 3.63) is 59.8 Å². The minimum atomic E-state index is -0.543. The van der Waals surface area contributed by atoms with E-state index in [0.29, 0.717) is 47.4 Å². The Hall–Kier alpha value is -3.66. The monoisotopic (exact) mass is 466 g/mol. The number of nitrogens with zero attached hydrogens (tertiary/aromatic N) is 6. The van der Waals surface area contributed by atoms with E-state index >= 15 is 0 Å². The highest BCUT2D eigenvalue weighted by Gasteiger charge is 2.25. The summed E-state index contributed by atoms with van der Waals surface area (Å²) in [5.74, 6) is -0.0692. The van der Waals surface area contributed by atoms with Gasteiger partial charge in [-0.3, -0.25) is 9.78 Å². The van der Waals surface area contributed by atoms with Gasteiger partial charge < -0.3 is 15.2 Å². The Morgan fingerprint density at radius 2 is 2.15 bits per heavy atom. The molecule has 1 aliphatic rings. The summed E-state index contributed by atoms with van der Waals surface area (Å²) in [4.78, 5) is 38.3.